The molecule has 1 aromatic carbocycles. The molecule has 0 aliphatic rings. The molecule has 0 bridgehead atoms. The summed E-state index contributed by atoms with van der Waals surface area (Å²) in [4.78, 5) is 0. The highest BCUT2D eigenvalue weighted by molar-refractivity contribution is 5.13. The first-order valence-corrected chi connectivity index (χ1v) is 5.58. The minimum absolute atomic E-state index is 0.341. The quantitative estimate of drug-likeness (QED) is 0.769. The number of hydrogen-bond acceptors (Lipinski definition) is 2. The molecule has 0 fully saturated rings. The van der Waals surface area contributed by atoms with E-state index in [0.29, 0.717) is 19.6 Å². The summed E-state index contributed by atoms with van der Waals surface area (Å²) in [6.07, 6.45) is 0.836. The molecule has 86 valence electrons. The van der Waals surface area contributed by atoms with Gasteiger partial charge < -0.3 is 9.84 Å². The third-order valence-corrected chi connectivity index (χ3v) is 2.06. The Morgan fingerprint density at radius 1 is 1.25 bits per heavy atom. The topological polar surface area (TPSA) is 29.5 Å². The second-order valence-corrected chi connectivity index (χ2v) is 3.57. The molecule has 0 amide bonds. The molecule has 0 unspecified atom stereocenters. The molecule has 0 radical (unpaired) electrons. The van der Waals surface area contributed by atoms with E-state index in [4.69, 9.17) is 4.74 Å². The van der Waals surface area contributed by atoms with Crippen LogP contribution in [-0.2, 0) is 11.3 Å². The summed E-state index contributed by atoms with van der Waals surface area (Å²) in [6, 6.07) is 9.93. The van der Waals surface area contributed by atoms with Crippen LogP contribution < -0.4 is 0 Å². The molecule has 1 aromatic rings. The second-order valence-electron chi connectivity index (χ2n) is 3.57. The lowest BCUT2D eigenvalue weighted by molar-refractivity contribution is 0.0311. The molecule has 0 aliphatic heterocycles. The summed E-state index contributed by atoms with van der Waals surface area (Å²) < 4.78 is 5.39. The van der Waals surface area contributed by atoms with Gasteiger partial charge in [0.15, 0.2) is 0 Å². The molecular formula is C14H18O2. The second kappa shape index (κ2) is 7.92. The van der Waals surface area contributed by atoms with E-state index in [1.165, 1.54) is 0 Å². The number of rotatable bonds is 5. The van der Waals surface area contributed by atoms with Gasteiger partial charge in [-0.3, -0.25) is 0 Å². The lowest BCUT2D eigenvalue weighted by Gasteiger charge is -2.08. The molecule has 1 rings (SSSR count). The molecule has 0 heterocycles. The highest BCUT2D eigenvalue weighted by atomic mass is 16.5. The summed E-state index contributed by atoms with van der Waals surface area (Å²) in [5, 5.41) is 9.53. The number of ether oxygens (including phenoxy) is 1. The standard InChI is InChI=1S/C14H18O2/c1-2-3-5-10-14(15)12-16-11-13-8-6-4-7-9-13/h4,6-9,14-15H,2,10-12H2,1H3/t14-/m0/s1. The Morgan fingerprint density at radius 2 is 2.00 bits per heavy atom. The molecule has 0 saturated heterocycles. The molecule has 0 aromatic heterocycles. The van der Waals surface area contributed by atoms with Gasteiger partial charge >= 0.3 is 0 Å². The summed E-state index contributed by atoms with van der Waals surface area (Å²) >= 11 is 0. The van der Waals surface area contributed by atoms with Gasteiger partial charge in [0.2, 0.25) is 0 Å². The van der Waals surface area contributed by atoms with Crippen molar-refractivity contribution in [1.82, 2.24) is 0 Å². The molecule has 1 atom stereocenters. The molecule has 0 aliphatic carbocycles. The fraction of sp³-hybridized carbons (Fsp3) is 0.429. The van der Waals surface area contributed by atoms with Crippen LogP contribution in [0.5, 0.6) is 0 Å². The predicted octanol–water partition coefficient (Wildman–Crippen LogP) is 2.37. The van der Waals surface area contributed by atoms with E-state index in [-0.39, 0.29) is 0 Å². The first kappa shape index (κ1) is 12.8. The van der Waals surface area contributed by atoms with E-state index in [2.05, 4.69) is 11.8 Å². The largest absolute Gasteiger partial charge is 0.390 e. The van der Waals surface area contributed by atoms with Crippen molar-refractivity contribution in [3.05, 3.63) is 35.9 Å². The van der Waals surface area contributed by atoms with Crippen LogP contribution in [0.15, 0.2) is 30.3 Å². The van der Waals surface area contributed by atoms with Gasteiger partial charge in [-0.25, -0.2) is 0 Å². The Labute approximate surface area is 97.3 Å². The maximum absolute atomic E-state index is 9.53. The monoisotopic (exact) mass is 218 g/mol. The zero-order chi connectivity index (χ0) is 11.6. The van der Waals surface area contributed by atoms with Gasteiger partial charge in [-0.2, -0.15) is 0 Å². The number of hydrogen-bond donors (Lipinski definition) is 1. The first-order chi connectivity index (χ1) is 7.83. The zero-order valence-corrected chi connectivity index (χ0v) is 9.65. The molecule has 0 spiro atoms. The van der Waals surface area contributed by atoms with Crippen LogP contribution in [0, 0.1) is 11.8 Å². The predicted molar refractivity (Wildman–Crippen MR) is 64.8 cm³/mol. The lowest BCUT2D eigenvalue weighted by Crippen LogP contribution is -2.14. The van der Waals surface area contributed by atoms with E-state index in [1.807, 2.05) is 37.3 Å². The van der Waals surface area contributed by atoms with Crippen LogP contribution in [0.4, 0.5) is 0 Å². The van der Waals surface area contributed by atoms with E-state index < -0.39 is 6.10 Å². The van der Waals surface area contributed by atoms with Crippen molar-refractivity contribution in [1.29, 1.82) is 0 Å². The average Bonchev–Trinajstić information content (AvgIpc) is 2.31. The van der Waals surface area contributed by atoms with E-state index in [9.17, 15) is 5.11 Å². The fourth-order valence-electron chi connectivity index (χ4n) is 1.26. The van der Waals surface area contributed by atoms with Crippen LogP contribution in [0.2, 0.25) is 0 Å². The first-order valence-electron chi connectivity index (χ1n) is 5.58. The van der Waals surface area contributed by atoms with Crippen molar-refractivity contribution >= 4 is 0 Å². The van der Waals surface area contributed by atoms with Gasteiger partial charge in [-0.1, -0.05) is 37.3 Å². The minimum Gasteiger partial charge on any atom is -0.390 e. The van der Waals surface area contributed by atoms with Crippen molar-refractivity contribution in [2.24, 2.45) is 0 Å². The third kappa shape index (κ3) is 5.55. The van der Waals surface area contributed by atoms with Crippen molar-refractivity contribution in [2.75, 3.05) is 6.61 Å². The zero-order valence-electron chi connectivity index (χ0n) is 9.65. The molecule has 16 heavy (non-hydrogen) atoms. The Balaban J connectivity index is 2.15. The summed E-state index contributed by atoms with van der Waals surface area (Å²) in [5.41, 5.74) is 1.12. The van der Waals surface area contributed by atoms with E-state index in [0.717, 1.165) is 12.0 Å². The molecule has 1 N–H and O–H groups in total. The van der Waals surface area contributed by atoms with Gasteiger partial charge in [0.1, 0.15) is 0 Å². The molecule has 2 heteroatoms. The van der Waals surface area contributed by atoms with Crippen LogP contribution in [0.1, 0.15) is 25.3 Å². The van der Waals surface area contributed by atoms with Crippen molar-refractivity contribution in [3.8, 4) is 11.8 Å². The maximum Gasteiger partial charge on any atom is 0.0882 e. The Bertz CT molecular complexity index is 335. The Hall–Kier alpha value is -1.30. The van der Waals surface area contributed by atoms with Crippen molar-refractivity contribution in [3.63, 3.8) is 0 Å². The summed E-state index contributed by atoms with van der Waals surface area (Å²) in [5.74, 6) is 5.83. The van der Waals surface area contributed by atoms with E-state index in [1.54, 1.807) is 0 Å². The minimum atomic E-state index is -0.484. The molecular weight excluding hydrogens is 200 g/mol. The highest BCUT2D eigenvalue weighted by Crippen LogP contribution is 2.01. The van der Waals surface area contributed by atoms with Crippen LogP contribution in [0.3, 0.4) is 0 Å². The van der Waals surface area contributed by atoms with Crippen LogP contribution >= 0.6 is 0 Å². The van der Waals surface area contributed by atoms with Gasteiger partial charge in [-0.15, -0.1) is 11.8 Å². The van der Waals surface area contributed by atoms with Crippen molar-refractivity contribution in [2.45, 2.75) is 32.5 Å². The SMILES string of the molecule is CCC#CC[C@H](O)COCc1ccccc1. The highest BCUT2D eigenvalue weighted by Gasteiger charge is 2.01. The van der Waals surface area contributed by atoms with E-state index >= 15 is 0 Å². The number of aliphatic hydroxyl groups excluding tert-OH is 1. The van der Waals surface area contributed by atoms with Gasteiger partial charge in [0.05, 0.1) is 19.3 Å². The van der Waals surface area contributed by atoms with Gasteiger partial charge in [-0.05, 0) is 5.56 Å². The Kier molecular flexibility index (Phi) is 6.32. The summed E-state index contributed by atoms with van der Waals surface area (Å²) in [7, 11) is 0. The molecule has 0 saturated carbocycles. The van der Waals surface area contributed by atoms with Crippen LogP contribution in [0.25, 0.3) is 0 Å². The Morgan fingerprint density at radius 3 is 2.69 bits per heavy atom. The van der Waals surface area contributed by atoms with Gasteiger partial charge in [0.25, 0.3) is 0 Å². The molecule has 2 nitrogen and oxygen atoms in total. The maximum atomic E-state index is 9.53. The summed E-state index contributed by atoms with van der Waals surface area (Å²) in [6.45, 7) is 2.87. The number of aliphatic hydroxyl groups is 1. The lowest BCUT2D eigenvalue weighted by atomic mass is 10.2. The fourth-order valence-corrected chi connectivity index (χ4v) is 1.26. The number of benzene rings is 1. The van der Waals surface area contributed by atoms with Crippen molar-refractivity contribution < 1.29 is 9.84 Å². The smallest absolute Gasteiger partial charge is 0.0882 e. The average molecular weight is 218 g/mol. The normalized spacial score (nSPS) is 11.6. The van der Waals surface area contributed by atoms with Gasteiger partial charge in [0, 0.05) is 12.8 Å². The third-order valence-electron chi connectivity index (χ3n) is 2.06. The van der Waals surface area contributed by atoms with Crippen LogP contribution in [-0.4, -0.2) is 17.8 Å².